The topological polar surface area (TPSA) is 48.8 Å². The number of hydrogen-bond donors (Lipinski definition) is 0. The third kappa shape index (κ3) is 4.75. The third-order valence-electron chi connectivity index (χ3n) is 6.32. The summed E-state index contributed by atoms with van der Waals surface area (Å²) in [6.45, 7) is 3.38. The van der Waals surface area contributed by atoms with Crippen LogP contribution in [0.5, 0.6) is 0 Å². The van der Waals surface area contributed by atoms with E-state index >= 15 is 0 Å². The van der Waals surface area contributed by atoms with Crippen LogP contribution < -0.4 is 4.90 Å². The van der Waals surface area contributed by atoms with Crippen molar-refractivity contribution in [1.29, 1.82) is 0 Å². The molecule has 0 spiro atoms. The molecule has 2 aliphatic heterocycles. The van der Waals surface area contributed by atoms with Crippen molar-refractivity contribution in [2.24, 2.45) is 4.99 Å². The van der Waals surface area contributed by atoms with Gasteiger partial charge in [-0.25, -0.2) is 4.99 Å². The molecule has 8 heteroatoms. The van der Waals surface area contributed by atoms with Crippen LogP contribution >= 0.6 is 35.1 Å². The van der Waals surface area contributed by atoms with Crippen molar-refractivity contribution in [3.63, 3.8) is 0 Å². The molecule has 5 nitrogen and oxygen atoms in total. The van der Waals surface area contributed by atoms with E-state index in [0.717, 1.165) is 45.2 Å². The molecule has 2 aliphatic rings. The summed E-state index contributed by atoms with van der Waals surface area (Å²) in [4.78, 5) is 29.1. The van der Waals surface area contributed by atoms with E-state index in [1.54, 1.807) is 18.0 Å². The predicted octanol–water partition coefficient (Wildman–Crippen LogP) is 7.50. The zero-order valence-electron chi connectivity index (χ0n) is 20.1. The van der Waals surface area contributed by atoms with Gasteiger partial charge in [0.15, 0.2) is 5.17 Å². The smallest absolute Gasteiger partial charge is 0.269 e. The van der Waals surface area contributed by atoms with Gasteiger partial charge in [0.2, 0.25) is 0 Å². The van der Waals surface area contributed by atoms with E-state index in [1.807, 2.05) is 71.6 Å². The molecule has 3 heterocycles. The van der Waals surface area contributed by atoms with Gasteiger partial charge in [-0.1, -0.05) is 59.8 Å². The van der Waals surface area contributed by atoms with Gasteiger partial charge in [0.05, 0.1) is 16.9 Å². The molecule has 1 aromatic heterocycles. The predicted molar refractivity (Wildman–Crippen MR) is 156 cm³/mol. The fourth-order valence-corrected chi connectivity index (χ4v) is 7.05. The van der Waals surface area contributed by atoms with Gasteiger partial charge in [-0.05, 0) is 73.1 Å². The lowest BCUT2D eigenvalue weighted by Crippen LogP contribution is -2.32. The number of thioether (sulfide) groups is 2. The van der Waals surface area contributed by atoms with Gasteiger partial charge in [0.25, 0.3) is 5.91 Å². The van der Waals surface area contributed by atoms with Gasteiger partial charge in [-0.15, -0.1) is 0 Å². The summed E-state index contributed by atoms with van der Waals surface area (Å²) >= 11 is 9.37. The first-order chi connectivity index (χ1) is 18.1. The van der Waals surface area contributed by atoms with Crippen LogP contribution in [0.25, 0.3) is 10.9 Å². The standard InChI is InChI=1S/C29H23ClN4OS2/c1-2-33-24-18-21(30)10-13-25(24)36-28(33)26-27(35)34(16-14-19-7-4-3-5-8-19)29(37-26)32-22-11-12-23-20(17-22)9-6-15-31-23/h3-13,15,17-18H,2,14,16H2,1H3/b28-26-,32-29?. The number of amidine groups is 1. The quantitative estimate of drug-likeness (QED) is 0.244. The molecule has 0 saturated carbocycles. The Labute approximate surface area is 229 Å². The SMILES string of the molecule is CCN1/C(=C2/SC(=Nc3ccc4ncccc4c3)N(CCc3ccccc3)C2=O)Sc2ccc(Cl)cc21. The molecule has 1 saturated heterocycles. The minimum absolute atomic E-state index is 0.0120. The minimum Gasteiger partial charge on any atom is -0.334 e. The van der Waals surface area contributed by atoms with E-state index in [9.17, 15) is 4.79 Å². The first kappa shape index (κ1) is 24.1. The zero-order chi connectivity index (χ0) is 25.4. The van der Waals surface area contributed by atoms with Crippen molar-refractivity contribution in [2.45, 2.75) is 18.2 Å². The normalized spacial score (nSPS) is 18.3. The molecule has 184 valence electrons. The maximum Gasteiger partial charge on any atom is 0.269 e. The Bertz CT molecular complexity index is 1570. The van der Waals surface area contributed by atoms with Crippen LogP contribution in [0, 0.1) is 0 Å². The molecule has 0 unspecified atom stereocenters. The van der Waals surface area contributed by atoms with E-state index in [0.29, 0.717) is 21.6 Å². The van der Waals surface area contributed by atoms with Crippen LogP contribution in [0.15, 0.2) is 105 Å². The summed E-state index contributed by atoms with van der Waals surface area (Å²) in [5, 5.41) is 3.33. The molecule has 6 rings (SSSR count). The van der Waals surface area contributed by atoms with Crippen molar-refractivity contribution in [1.82, 2.24) is 9.88 Å². The zero-order valence-corrected chi connectivity index (χ0v) is 22.5. The highest BCUT2D eigenvalue weighted by Crippen LogP contribution is 2.51. The second kappa shape index (κ2) is 10.2. The summed E-state index contributed by atoms with van der Waals surface area (Å²) in [5.41, 5.74) is 3.94. The first-order valence-corrected chi connectivity index (χ1v) is 14.1. The number of rotatable bonds is 5. The van der Waals surface area contributed by atoms with Crippen LogP contribution in [-0.2, 0) is 11.2 Å². The number of hydrogen-bond acceptors (Lipinski definition) is 6. The maximum atomic E-state index is 13.9. The summed E-state index contributed by atoms with van der Waals surface area (Å²) in [6, 6.07) is 26.0. The van der Waals surface area contributed by atoms with Crippen molar-refractivity contribution < 1.29 is 4.79 Å². The number of carbonyl (C=O) groups is 1. The Morgan fingerprint density at radius 3 is 2.65 bits per heavy atom. The molecule has 3 aromatic carbocycles. The number of aromatic nitrogens is 1. The summed E-state index contributed by atoms with van der Waals surface area (Å²) < 4.78 is 0. The van der Waals surface area contributed by atoms with Gasteiger partial charge in [-0.2, -0.15) is 0 Å². The molecule has 0 N–H and O–H groups in total. The van der Waals surface area contributed by atoms with Crippen LogP contribution in [0.4, 0.5) is 11.4 Å². The number of pyridine rings is 1. The Morgan fingerprint density at radius 1 is 0.946 bits per heavy atom. The Balaban J connectivity index is 1.39. The average Bonchev–Trinajstić information content (AvgIpc) is 3.43. The molecular weight excluding hydrogens is 520 g/mol. The largest absolute Gasteiger partial charge is 0.334 e. The Kier molecular flexibility index (Phi) is 6.67. The molecule has 0 atom stereocenters. The number of nitrogens with zero attached hydrogens (tertiary/aromatic N) is 4. The second-order valence-corrected chi connectivity index (χ2v) is 11.1. The number of fused-ring (bicyclic) bond motifs is 2. The number of amides is 1. The van der Waals surface area contributed by atoms with E-state index in [2.05, 4.69) is 28.9 Å². The average molecular weight is 543 g/mol. The lowest BCUT2D eigenvalue weighted by atomic mass is 10.1. The lowest BCUT2D eigenvalue weighted by Gasteiger charge is -2.19. The highest BCUT2D eigenvalue weighted by molar-refractivity contribution is 8.19. The van der Waals surface area contributed by atoms with Crippen molar-refractivity contribution in [3.05, 3.63) is 106 Å². The number of carbonyl (C=O) groups excluding carboxylic acids is 1. The van der Waals surface area contributed by atoms with Gasteiger partial charge in [0, 0.05) is 34.6 Å². The van der Waals surface area contributed by atoms with Crippen molar-refractivity contribution >= 4 is 68.5 Å². The second-order valence-electron chi connectivity index (χ2n) is 8.66. The molecule has 37 heavy (non-hydrogen) atoms. The molecule has 4 aromatic rings. The van der Waals surface area contributed by atoms with Crippen LogP contribution in [0.3, 0.4) is 0 Å². The number of benzene rings is 3. The molecule has 1 fully saturated rings. The molecule has 0 bridgehead atoms. The van der Waals surface area contributed by atoms with Gasteiger partial charge < -0.3 is 4.90 Å². The van der Waals surface area contributed by atoms with Crippen molar-refractivity contribution in [3.8, 4) is 0 Å². The van der Waals surface area contributed by atoms with Gasteiger partial charge in [0.1, 0.15) is 9.93 Å². The van der Waals surface area contributed by atoms with E-state index < -0.39 is 0 Å². The minimum atomic E-state index is -0.0120. The van der Waals surface area contributed by atoms with Gasteiger partial charge in [-0.3, -0.25) is 14.7 Å². The Hall–Kier alpha value is -3.26. The molecule has 0 aliphatic carbocycles. The van der Waals surface area contributed by atoms with Gasteiger partial charge >= 0.3 is 0 Å². The number of aliphatic imine (C=N–C) groups is 1. The summed E-state index contributed by atoms with van der Waals surface area (Å²) in [7, 11) is 0. The number of halogens is 1. The fraction of sp³-hybridized carbons (Fsp3) is 0.138. The van der Waals surface area contributed by atoms with E-state index in [4.69, 9.17) is 16.6 Å². The van der Waals surface area contributed by atoms with Crippen LogP contribution in [0.1, 0.15) is 12.5 Å². The van der Waals surface area contributed by atoms with Crippen molar-refractivity contribution in [2.75, 3.05) is 18.0 Å². The lowest BCUT2D eigenvalue weighted by molar-refractivity contribution is -0.122. The summed E-state index contributed by atoms with van der Waals surface area (Å²) in [5.74, 6) is -0.0120. The molecule has 0 radical (unpaired) electrons. The fourth-order valence-electron chi connectivity index (χ4n) is 4.48. The molecule has 1 amide bonds. The summed E-state index contributed by atoms with van der Waals surface area (Å²) in [6.07, 6.45) is 2.53. The highest BCUT2D eigenvalue weighted by Gasteiger charge is 2.39. The third-order valence-corrected chi connectivity index (χ3v) is 8.93. The van der Waals surface area contributed by atoms with Crippen LogP contribution in [0.2, 0.25) is 5.02 Å². The molecular formula is C29H23ClN4OS2. The maximum absolute atomic E-state index is 13.9. The first-order valence-electron chi connectivity index (χ1n) is 12.1. The van der Waals surface area contributed by atoms with E-state index in [1.165, 1.54) is 17.3 Å². The van der Waals surface area contributed by atoms with E-state index in [-0.39, 0.29) is 5.91 Å². The van der Waals surface area contributed by atoms with Crippen LogP contribution in [-0.4, -0.2) is 34.0 Å². The highest BCUT2D eigenvalue weighted by atomic mass is 35.5. The monoisotopic (exact) mass is 542 g/mol. The Morgan fingerprint density at radius 2 is 1.81 bits per heavy atom. The number of anilines is 1.